The van der Waals surface area contributed by atoms with Gasteiger partial charge in [-0.25, -0.2) is 9.78 Å². The molecule has 2 aromatic carbocycles. The first-order chi connectivity index (χ1) is 11.4. The summed E-state index contributed by atoms with van der Waals surface area (Å²) < 4.78 is 0. The van der Waals surface area contributed by atoms with Gasteiger partial charge in [-0.15, -0.1) is 0 Å². The monoisotopic (exact) mass is 319 g/mol. The Morgan fingerprint density at radius 2 is 1.71 bits per heavy atom. The summed E-state index contributed by atoms with van der Waals surface area (Å²) in [4.78, 5) is 16.5. The third-order valence-electron chi connectivity index (χ3n) is 4.35. The van der Waals surface area contributed by atoms with Gasteiger partial charge in [-0.05, 0) is 43.0 Å². The molecule has 3 rings (SSSR count). The first kappa shape index (κ1) is 16.2. The molecule has 0 bridgehead atoms. The van der Waals surface area contributed by atoms with Crippen molar-refractivity contribution in [2.24, 2.45) is 0 Å². The molecule has 0 aliphatic carbocycles. The van der Waals surface area contributed by atoms with Gasteiger partial charge >= 0.3 is 5.97 Å². The van der Waals surface area contributed by atoms with Crippen molar-refractivity contribution >= 4 is 16.9 Å². The van der Waals surface area contributed by atoms with Crippen LogP contribution in [0.5, 0.6) is 0 Å². The summed E-state index contributed by atoms with van der Waals surface area (Å²) in [7, 11) is 0. The first-order valence-electron chi connectivity index (χ1n) is 8.12. The SMILES string of the molecule is Cc1cc(C)c2nc(-c3ccc(C(C)C)cc3)cc(C(=O)O)c2c1. The predicted octanol–water partition coefficient (Wildman–Crippen LogP) is 5.34. The van der Waals surface area contributed by atoms with Gasteiger partial charge in [0, 0.05) is 10.9 Å². The lowest BCUT2D eigenvalue weighted by atomic mass is 9.98. The average Bonchev–Trinajstić information content (AvgIpc) is 2.54. The van der Waals surface area contributed by atoms with Crippen molar-refractivity contribution in [3.8, 4) is 11.3 Å². The first-order valence-corrected chi connectivity index (χ1v) is 8.12. The minimum absolute atomic E-state index is 0.301. The van der Waals surface area contributed by atoms with Crippen LogP contribution in [0.4, 0.5) is 0 Å². The van der Waals surface area contributed by atoms with Crippen LogP contribution >= 0.6 is 0 Å². The summed E-state index contributed by atoms with van der Waals surface area (Å²) in [5.74, 6) is -0.462. The number of hydrogen-bond acceptors (Lipinski definition) is 2. The quantitative estimate of drug-likeness (QED) is 0.709. The Morgan fingerprint density at radius 3 is 2.29 bits per heavy atom. The summed E-state index contributed by atoms with van der Waals surface area (Å²) in [5.41, 5.74) is 5.97. The van der Waals surface area contributed by atoms with Gasteiger partial charge in [0.2, 0.25) is 0 Å². The van der Waals surface area contributed by atoms with Crippen LogP contribution in [0, 0.1) is 13.8 Å². The van der Waals surface area contributed by atoms with Crippen LogP contribution in [0.25, 0.3) is 22.2 Å². The molecule has 0 saturated carbocycles. The van der Waals surface area contributed by atoms with E-state index in [-0.39, 0.29) is 0 Å². The molecule has 24 heavy (non-hydrogen) atoms. The van der Waals surface area contributed by atoms with Gasteiger partial charge in [0.1, 0.15) is 0 Å². The fraction of sp³-hybridized carbons (Fsp3) is 0.238. The van der Waals surface area contributed by atoms with Gasteiger partial charge < -0.3 is 5.11 Å². The van der Waals surface area contributed by atoms with Crippen LogP contribution in [0.3, 0.4) is 0 Å². The number of carboxylic acid groups (broad SMARTS) is 1. The van der Waals surface area contributed by atoms with Crippen molar-refractivity contribution in [2.75, 3.05) is 0 Å². The van der Waals surface area contributed by atoms with Gasteiger partial charge in [0.25, 0.3) is 0 Å². The fourth-order valence-electron chi connectivity index (χ4n) is 3.04. The number of aromatic carboxylic acids is 1. The van der Waals surface area contributed by atoms with Crippen molar-refractivity contribution in [1.82, 2.24) is 4.98 Å². The summed E-state index contributed by atoms with van der Waals surface area (Å²) >= 11 is 0. The van der Waals surface area contributed by atoms with Gasteiger partial charge in [0.05, 0.1) is 16.8 Å². The fourth-order valence-corrected chi connectivity index (χ4v) is 3.04. The normalized spacial score (nSPS) is 11.2. The van der Waals surface area contributed by atoms with E-state index in [0.29, 0.717) is 22.6 Å². The minimum Gasteiger partial charge on any atom is -0.478 e. The third kappa shape index (κ3) is 2.90. The second-order valence-corrected chi connectivity index (χ2v) is 6.61. The van der Waals surface area contributed by atoms with Crippen molar-refractivity contribution < 1.29 is 9.90 Å². The van der Waals surface area contributed by atoms with E-state index in [1.807, 2.05) is 38.1 Å². The molecule has 0 aliphatic rings. The molecular formula is C21H21NO2. The summed E-state index contributed by atoms with van der Waals surface area (Å²) in [6, 6.07) is 13.8. The molecule has 0 saturated heterocycles. The lowest BCUT2D eigenvalue weighted by Gasteiger charge is -2.11. The van der Waals surface area contributed by atoms with E-state index in [0.717, 1.165) is 22.2 Å². The van der Waals surface area contributed by atoms with Gasteiger partial charge in [-0.2, -0.15) is 0 Å². The van der Waals surface area contributed by atoms with Crippen LogP contribution in [0.15, 0.2) is 42.5 Å². The Morgan fingerprint density at radius 1 is 1.04 bits per heavy atom. The highest BCUT2D eigenvalue weighted by atomic mass is 16.4. The number of carboxylic acids is 1. The Kier molecular flexibility index (Phi) is 4.10. The van der Waals surface area contributed by atoms with Crippen molar-refractivity contribution in [3.63, 3.8) is 0 Å². The van der Waals surface area contributed by atoms with E-state index >= 15 is 0 Å². The molecule has 0 unspecified atom stereocenters. The number of pyridine rings is 1. The average molecular weight is 319 g/mol. The molecule has 1 aromatic heterocycles. The smallest absolute Gasteiger partial charge is 0.336 e. The largest absolute Gasteiger partial charge is 0.478 e. The number of nitrogens with zero attached hydrogens (tertiary/aromatic N) is 1. The van der Waals surface area contributed by atoms with E-state index in [1.165, 1.54) is 5.56 Å². The molecule has 0 amide bonds. The second kappa shape index (κ2) is 6.08. The number of benzene rings is 2. The maximum atomic E-state index is 11.7. The maximum Gasteiger partial charge on any atom is 0.336 e. The van der Waals surface area contributed by atoms with Crippen molar-refractivity contribution in [1.29, 1.82) is 0 Å². The molecule has 1 N–H and O–H groups in total. The highest BCUT2D eigenvalue weighted by molar-refractivity contribution is 6.04. The van der Waals surface area contributed by atoms with Crippen molar-refractivity contribution in [2.45, 2.75) is 33.6 Å². The van der Waals surface area contributed by atoms with Crippen molar-refractivity contribution in [3.05, 3.63) is 64.7 Å². The number of aryl methyl sites for hydroxylation is 2. The molecule has 0 fully saturated rings. The Labute approximate surface area is 142 Å². The zero-order chi connectivity index (χ0) is 17.4. The Balaban J connectivity index is 2.24. The Hall–Kier alpha value is -2.68. The summed E-state index contributed by atoms with van der Waals surface area (Å²) in [6.45, 7) is 8.24. The molecule has 3 heteroatoms. The lowest BCUT2D eigenvalue weighted by molar-refractivity contribution is 0.0699. The molecule has 1 heterocycles. The lowest BCUT2D eigenvalue weighted by Crippen LogP contribution is -2.02. The molecule has 0 aliphatic heterocycles. The van der Waals surface area contributed by atoms with Crippen LogP contribution in [0.1, 0.15) is 46.8 Å². The van der Waals surface area contributed by atoms with E-state index in [9.17, 15) is 9.90 Å². The van der Waals surface area contributed by atoms with E-state index < -0.39 is 5.97 Å². The van der Waals surface area contributed by atoms with Gasteiger partial charge in [-0.1, -0.05) is 49.7 Å². The zero-order valence-corrected chi connectivity index (χ0v) is 14.4. The zero-order valence-electron chi connectivity index (χ0n) is 14.4. The summed E-state index contributed by atoms with van der Waals surface area (Å²) in [5, 5.41) is 10.3. The maximum absolute atomic E-state index is 11.7. The number of aromatic nitrogens is 1. The van der Waals surface area contributed by atoms with Gasteiger partial charge in [-0.3, -0.25) is 0 Å². The molecule has 3 aromatic rings. The molecule has 3 nitrogen and oxygen atoms in total. The minimum atomic E-state index is -0.924. The second-order valence-electron chi connectivity index (χ2n) is 6.61. The van der Waals surface area contributed by atoms with E-state index in [2.05, 4.69) is 26.0 Å². The third-order valence-corrected chi connectivity index (χ3v) is 4.35. The highest BCUT2D eigenvalue weighted by Gasteiger charge is 2.15. The van der Waals surface area contributed by atoms with Crippen LogP contribution < -0.4 is 0 Å². The topological polar surface area (TPSA) is 50.2 Å². The van der Waals surface area contributed by atoms with Gasteiger partial charge in [0.15, 0.2) is 0 Å². The molecule has 122 valence electrons. The van der Waals surface area contributed by atoms with Crippen LogP contribution in [-0.2, 0) is 0 Å². The molecular weight excluding hydrogens is 298 g/mol. The number of hydrogen-bond donors (Lipinski definition) is 1. The standard InChI is InChI=1S/C21H21NO2/c1-12(2)15-5-7-16(8-6-15)19-11-18(21(23)24)17-10-13(3)9-14(4)20(17)22-19/h5-12H,1-4H3,(H,23,24). The van der Waals surface area contributed by atoms with Crippen LogP contribution in [0.2, 0.25) is 0 Å². The van der Waals surface area contributed by atoms with E-state index in [1.54, 1.807) is 6.07 Å². The number of rotatable bonds is 3. The summed E-state index contributed by atoms with van der Waals surface area (Å²) in [6.07, 6.45) is 0. The molecule has 0 atom stereocenters. The van der Waals surface area contributed by atoms with E-state index in [4.69, 9.17) is 4.98 Å². The predicted molar refractivity (Wildman–Crippen MR) is 97.7 cm³/mol. The highest BCUT2D eigenvalue weighted by Crippen LogP contribution is 2.28. The number of fused-ring (bicyclic) bond motifs is 1. The molecule has 0 radical (unpaired) electrons. The molecule has 0 spiro atoms. The Bertz CT molecular complexity index is 925. The van der Waals surface area contributed by atoms with Crippen LogP contribution in [-0.4, -0.2) is 16.1 Å². The number of carbonyl (C=O) groups is 1.